The topological polar surface area (TPSA) is 81.4 Å². The molecule has 3 N–H and O–H groups in total. The van der Waals surface area contributed by atoms with Crippen molar-refractivity contribution < 1.29 is 13.2 Å². The molecule has 3 unspecified atom stereocenters. The minimum Gasteiger partial charge on any atom is -0.373 e. The molecule has 2 aliphatic heterocycles. The number of fused-ring (bicyclic) bond motifs is 2. The van der Waals surface area contributed by atoms with Crippen molar-refractivity contribution >= 4 is 33.2 Å². The van der Waals surface area contributed by atoms with E-state index in [1.807, 2.05) is 0 Å². The quantitative estimate of drug-likeness (QED) is 0.870. The first-order valence-electron chi connectivity index (χ1n) is 6.76. The summed E-state index contributed by atoms with van der Waals surface area (Å²) >= 11 is 12.0. The second-order valence-corrected chi connectivity index (χ2v) is 7.91. The van der Waals surface area contributed by atoms with E-state index in [1.165, 1.54) is 12.1 Å². The number of benzene rings is 1. The Hall–Kier alpha value is -0.370. The summed E-state index contributed by atoms with van der Waals surface area (Å²) < 4.78 is 33.4. The van der Waals surface area contributed by atoms with Crippen LogP contribution in [0, 0.1) is 0 Å². The molecule has 3 rings (SSSR count). The summed E-state index contributed by atoms with van der Waals surface area (Å²) in [4.78, 5) is 0.0109. The fourth-order valence-electron chi connectivity index (χ4n) is 2.96. The van der Waals surface area contributed by atoms with Gasteiger partial charge in [0.25, 0.3) is 0 Å². The first-order valence-corrected chi connectivity index (χ1v) is 9.00. The fraction of sp³-hybridized carbons (Fsp3) is 0.538. The van der Waals surface area contributed by atoms with Gasteiger partial charge in [0.2, 0.25) is 10.0 Å². The Labute approximate surface area is 133 Å². The van der Waals surface area contributed by atoms with Gasteiger partial charge in [-0.1, -0.05) is 23.2 Å². The summed E-state index contributed by atoms with van der Waals surface area (Å²) in [7, 11) is -3.72. The molecule has 2 fully saturated rings. The molecule has 8 heteroatoms. The maximum atomic E-state index is 12.5. The van der Waals surface area contributed by atoms with Gasteiger partial charge in [-0.05, 0) is 37.0 Å². The first kappa shape index (κ1) is 15.5. The van der Waals surface area contributed by atoms with E-state index in [4.69, 9.17) is 33.7 Å². The van der Waals surface area contributed by atoms with E-state index in [9.17, 15) is 8.42 Å². The van der Waals surface area contributed by atoms with Crippen LogP contribution in [0.4, 0.5) is 0 Å². The Kier molecular flexibility index (Phi) is 4.20. The maximum Gasteiger partial charge on any atom is 0.242 e. The summed E-state index contributed by atoms with van der Waals surface area (Å²) in [6.07, 6.45) is 2.73. The summed E-state index contributed by atoms with van der Waals surface area (Å²) in [5.74, 6) is 0. The van der Waals surface area contributed by atoms with Crippen molar-refractivity contribution in [2.24, 2.45) is 5.73 Å². The van der Waals surface area contributed by atoms with Crippen LogP contribution in [0.1, 0.15) is 24.8 Å². The van der Waals surface area contributed by atoms with Gasteiger partial charge in [-0.25, -0.2) is 13.1 Å². The Morgan fingerprint density at radius 2 is 2.05 bits per heavy atom. The van der Waals surface area contributed by atoms with E-state index in [1.54, 1.807) is 0 Å². The maximum absolute atomic E-state index is 12.5. The lowest BCUT2D eigenvalue weighted by atomic mass is 9.96. The Morgan fingerprint density at radius 3 is 2.62 bits per heavy atom. The van der Waals surface area contributed by atoms with Gasteiger partial charge in [0.05, 0.1) is 23.3 Å². The molecule has 116 valence electrons. The minimum atomic E-state index is -3.72. The first-order chi connectivity index (χ1) is 9.90. The Balaban J connectivity index is 1.88. The predicted molar refractivity (Wildman–Crippen MR) is 81.0 cm³/mol. The molecule has 0 aliphatic carbocycles. The molecule has 0 spiro atoms. The lowest BCUT2D eigenvalue weighted by Gasteiger charge is -2.20. The monoisotopic (exact) mass is 350 g/mol. The van der Waals surface area contributed by atoms with E-state index in [2.05, 4.69) is 4.72 Å². The Morgan fingerprint density at radius 1 is 1.29 bits per heavy atom. The zero-order valence-corrected chi connectivity index (χ0v) is 13.5. The molecule has 3 atom stereocenters. The average Bonchev–Trinajstić information content (AvgIpc) is 3.00. The van der Waals surface area contributed by atoms with Gasteiger partial charge in [-0.2, -0.15) is 0 Å². The molecule has 1 aromatic carbocycles. The summed E-state index contributed by atoms with van der Waals surface area (Å²) in [6.45, 7) is 0.149. The van der Waals surface area contributed by atoms with E-state index in [0.29, 0.717) is 17.0 Å². The third-order valence-corrected chi connectivity index (χ3v) is 6.33. The van der Waals surface area contributed by atoms with Gasteiger partial charge in [-0.15, -0.1) is 0 Å². The fourth-order valence-corrected chi connectivity index (χ4v) is 5.11. The van der Waals surface area contributed by atoms with E-state index in [0.717, 1.165) is 12.8 Å². The molecular formula is C13H16Cl2N2O3S. The molecule has 5 nitrogen and oxygen atoms in total. The molecule has 2 heterocycles. The van der Waals surface area contributed by atoms with Crippen LogP contribution in [0.2, 0.25) is 10.0 Å². The zero-order chi connectivity index (χ0) is 15.2. The highest BCUT2D eigenvalue weighted by molar-refractivity contribution is 7.89. The molecular weight excluding hydrogens is 335 g/mol. The van der Waals surface area contributed by atoms with E-state index in [-0.39, 0.29) is 34.7 Å². The number of nitrogens with one attached hydrogen (secondary N) is 1. The summed E-state index contributed by atoms with van der Waals surface area (Å²) in [5, 5.41) is 0.457. The Bertz CT molecular complexity index is 666. The molecule has 0 radical (unpaired) electrons. The molecule has 0 amide bonds. The predicted octanol–water partition coefficient (Wildman–Crippen LogP) is 2.05. The number of sulfonamides is 1. The summed E-state index contributed by atoms with van der Waals surface area (Å²) in [5.41, 5.74) is 6.11. The van der Waals surface area contributed by atoms with Crippen molar-refractivity contribution in [3.63, 3.8) is 0 Å². The highest BCUT2D eigenvalue weighted by Gasteiger charge is 2.42. The van der Waals surface area contributed by atoms with Crippen LogP contribution in [0.5, 0.6) is 0 Å². The second-order valence-electron chi connectivity index (χ2n) is 5.42. The van der Waals surface area contributed by atoms with Gasteiger partial charge in [0.1, 0.15) is 4.90 Å². The van der Waals surface area contributed by atoms with Crippen LogP contribution >= 0.6 is 23.2 Å². The zero-order valence-electron chi connectivity index (χ0n) is 11.2. The van der Waals surface area contributed by atoms with Crippen LogP contribution in [-0.2, 0) is 21.3 Å². The summed E-state index contributed by atoms with van der Waals surface area (Å²) in [6, 6.07) is 2.65. The van der Waals surface area contributed by atoms with Crippen LogP contribution in [0.3, 0.4) is 0 Å². The molecule has 0 saturated carbocycles. The van der Waals surface area contributed by atoms with Gasteiger partial charge in [0.15, 0.2) is 0 Å². The third-order valence-electron chi connectivity index (χ3n) is 4.02. The minimum absolute atomic E-state index is 0.0109. The number of halogens is 2. The van der Waals surface area contributed by atoms with Crippen LogP contribution in [0.15, 0.2) is 17.0 Å². The van der Waals surface area contributed by atoms with Gasteiger partial charge >= 0.3 is 0 Å². The van der Waals surface area contributed by atoms with E-state index >= 15 is 0 Å². The molecule has 2 bridgehead atoms. The highest BCUT2D eigenvalue weighted by Crippen LogP contribution is 2.36. The molecule has 2 aliphatic rings. The van der Waals surface area contributed by atoms with Crippen molar-refractivity contribution in [3.05, 3.63) is 27.7 Å². The number of hydrogen-bond acceptors (Lipinski definition) is 4. The average molecular weight is 351 g/mol. The van der Waals surface area contributed by atoms with Crippen molar-refractivity contribution in [1.29, 1.82) is 0 Å². The number of hydrogen-bond donors (Lipinski definition) is 2. The van der Waals surface area contributed by atoms with Crippen LogP contribution in [0.25, 0.3) is 0 Å². The largest absolute Gasteiger partial charge is 0.373 e. The van der Waals surface area contributed by atoms with Crippen molar-refractivity contribution in [1.82, 2.24) is 4.72 Å². The van der Waals surface area contributed by atoms with Gasteiger partial charge in [-0.3, -0.25) is 0 Å². The molecule has 21 heavy (non-hydrogen) atoms. The van der Waals surface area contributed by atoms with Gasteiger partial charge < -0.3 is 10.5 Å². The number of nitrogens with two attached hydrogens (primary N) is 1. The lowest BCUT2D eigenvalue weighted by molar-refractivity contribution is 0.0996. The molecule has 2 saturated heterocycles. The standard InChI is InChI=1S/C13H16Cl2N2O3S/c14-9-5-10(15)13(3-7(9)6-16)21(18,19)17-11-4-8-1-2-12(11)20-8/h3,5,8,11-12,17H,1-2,4,6,16H2. The number of ether oxygens (including phenoxy) is 1. The van der Waals surface area contributed by atoms with E-state index < -0.39 is 10.0 Å². The van der Waals surface area contributed by atoms with Gasteiger partial charge in [0, 0.05) is 11.6 Å². The smallest absolute Gasteiger partial charge is 0.242 e. The second kappa shape index (κ2) is 5.68. The normalized spacial score (nSPS) is 28.2. The van der Waals surface area contributed by atoms with Crippen LogP contribution in [-0.4, -0.2) is 26.7 Å². The SMILES string of the molecule is NCc1cc(S(=O)(=O)NC2CC3CCC2O3)c(Cl)cc1Cl. The highest BCUT2D eigenvalue weighted by atomic mass is 35.5. The van der Waals surface area contributed by atoms with Crippen molar-refractivity contribution in [2.45, 2.75) is 49.0 Å². The lowest BCUT2D eigenvalue weighted by Crippen LogP contribution is -2.41. The third kappa shape index (κ3) is 2.93. The van der Waals surface area contributed by atoms with Crippen molar-refractivity contribution in [3.8, 4) is 0 Å². The van der Waals surface area contributed by atoms with Crippen LogP contribution < -0.4 is 10.5 Å². The number of rotatable bonds is 4. The molecule has 1 aromatic rings. The van der Waals surface area contributed by atoms with Crippen molar-refractivity contribution in [2.75, 3.05) is 0 Å². The molecule has 0 aromatic heterocycles.